The van der Waals surface area contributed by atoms with Crippen LogP contribution < -0.4 is 5.32 Å². The van der Waals surface area contributed by atoms with Crippen molar-refractivity contribution in [3.8, 4) is 0 Å². The molecule has 0 bridgehead atoms. The molecule has 0 aromatic rings. The fourth-order valence-electron chi connectivity index (χ4n) is 6.52. The van der Waals surface area contributed by atoms with Crippen LogP contribution in [0.4, 0.5) is 0 Å². The van der Waals surface area contributed by atoms with E-state index in [1.54, 1.807) is 0 Å². The molecule has 58 heavy (non-hydrogen) atoms. The highest BCUT2D eigenvalue weighted by Crippen LogP contribution is 2.17. The van der Waals surface area contributed by atoms with E-state index in [0.29, 0.717) is 19.3 Å². The standard InChI is InChI=1S/C52H87NO5/c1-4-7-10-13-16-19-22-24-26-28-30-33-36-39-42-45-52(57)58-48(43-40-37-34-31-29-27-25-23-20-17-14-11-8-5-2)46-51(56)53-49(47-54)50(55)44-41-38-35-32-21-18-15-12-9-6-3/h7-8,10-11,13,16-17,19-20,22,24-28,30,48-50,54-55H,4-6,9,12,14-15,18,21,23,29,31-47H2,1-3H3,(H,53,56)/b10-7+,11-8+,16-13+,20-17+,22-19-,26-24-,27-25+,30-28+. The van der Waals surface area contributed by atoms with Gasteiger partial charge >= 0.3 is 5.97 Å². The van der Waals surface area contributed by atoms with Crippen LogP contribution >= 0.6 is 0 Å². The molecule has 0 heterocycles. The third-order valence-corrected chi connectivity index (χ3v) is 10.0. The molecule has 3 N–H and O–H groups in total. The SMILES string of the molecule is CC/C=C/C=C/C=C\C=C/C=C/CCCCCC(=O)OC(CCCCCC/C=C/C/C=C/C/C=C/CC)CC(=O)NC(CO)C(O)CCCCCCCCCCCC. The summed E-state index contributed by atoms with van der Waals surface area (Å²) in [5.74, 6) is -0.556. The number of aliphatic hydroxyl groups excluding tert-OH is 2. The topological polar surface area (TPSA) is 95.9 Å². The molecule has 0 aromatic heterocycles. The van der Waals surface area contributed by atoms with Gasteiger partial charge in [0.2, 0.25) is 5.91 Å². The molecule has 0 saturated heterocycles. The number of carbonyl (C=O) groups excluding carboxylic acids is 2. The molecule has 0 spiro atoms. The van der Waals surface area contributed by atoms with Crippen LogP contribution in [0.5, 0.6) is 0 Å². The van der Waals surface area contributed by atoms with Gasteiger partial charge in [0.05, 0.1) is 25.2 Å². The number of allylic oxidation sites excluding steroid dienone is 16. The molecule has 0 aliphatic rings. The summed E-state index contributed by atoms with van der Waals surface area (Å²) < 4.78 is 5.88. The minimum absolute atomic E-state index is 0.0391. The Morgan fingerprint density at radius 1 is 0.534 bits per heavy atom. The minimum atomic E-state index is -0.805. The number of amides is 1. The van der Waals surface area contributed by atoms with Gasteiger partial charge in [0.25, 0.3) is 0 Å². The van der Waals surface area contributed by atoms with Gasteiger partial charge in [-0.15, -0.1) is 0 Å². The first-order valence-electron chi connectivity index (χ1n) is 23.5. The van der Waals surface area contributed by atoms with Gasteiger partial charge in [0.15, 0.2) is 0 Å². The predicted molar refractivity (Wildman–Crippen MR) is 250 cm³/mol. The van der Waals surface area contributed by atoms with Gasteiger partial charge in [0, 0.05) is 6.42 Å². The number of ether oxygens (including phenoxy) is 1. The third-order valence-electron chi connectivity index (χ3n) is 10.0. The Labute approximate surface area is 356 Å². The van der Waals surface area contributed by atoms with Crippen LogP contribution in [0.25, 0.3) is 0 Å². The summed E-state index contributed by atoms with van der Waals surface area (Å²) in [7, 11) is 0. The Morgan fingerprint density at radius 3 is 1.62 bits per heavy atom. The summed E-state index contributed by atoms with van der Waals surface area (Å²) in [6, 6.07) is -0.722. The number of hydrogen-bond donors (Lipinski definition) is 3. The maximum absolute atomic E-state index is 13.1. The van der Waals surface area contributed by atoms with Crippen molar-refractivity contribution >= 4 is 11.9 Å². The third kappa shape index (κ3) is 39.6. The summed E-state index contributed by atoms with van der Waals surface area (Å²) in [6.45, 7) is 6.18. The average Bonchev–Trinajstić information content (AvgIpc) is 3.22. The van der Waals surface area contributed by atoms with Crippen LogP contribution in [-0.2, 0) is 14.3 Å². The number of unbranched alkanes of at least 4 members (excludes halogenated alkanes) is 16. The van der Waals surface area contributed by atoms with E-state index in [-0.39, 0.29) is 24.9 Å². The zero-order valence-electron chi connectivity index (χ0n) is 37.4. The lowest BCUT2D eigenvalue weighted by atomic mass is 10.0. The molecule has 0 aliphatic heterocycles. The van der Waals surface area contributed by atoms with E-state index in [0.717, 1.165) is 103 Å². The van der Waals surface area contributed by atoms with E-state index < -0.39 is 18.2 Å². The summed E-state index contributed by atoms with van der Waals surface area (Å²) in [5.41, 5.74) is 0. The van der Waals surface area contributed by atoms with E-state index in [1.807, 2.05) is 42.5 Å². The molecule has 0 rings (SSSR count). The maximum Gasteiger partial charge on any atom is 0.306 e. The molecule has 0 radical (unpaired) electrons. The zero-order chi connectivity index (χ0) is 42.4. The Bertz CT molecular complexity index is 1180. The van der Waals surface area contributed by atoms with Crippen molar-refractivity contribution in [1.29, 1.82) is 0 Å². The highest BCUT2D eigenvalue weighted by molar-refractivity contribution is 5.77. The van der Waals surface area contributed by atoms with Crippen LogP contribution in [0, 0.1) is 0 Å². The van der Waals surface area contributed by atoms with Crippen molar-refractivity contribution in [2.75, 3.05) is 6.61 Å². The average molecular weight is 806 g/mol. The van der Waals surface area contributed by atoms with E-state index >= 15 is 0 Å². The highest BCUT2D eigenvalue weighted by atomic mass is 16.5. The number of hydrogen-bond acceptors (Lipinski definition) is 5. The molecule has 0 aliphatic carbocycles. The Morgan fingerprint density at radius 2 is 1.02 bits per heavy atom. The molecule has 3 atom stereocenters. The van der Waals surface area contributed by atoms with Crippen molar-refractivity contribution in [2.45, 2.75) is 212 Å². The summed E-state index contributed by atoms with van der Waals surface area (Å²) in [5, 5.41) is 23.6. The van der Waals surface area contributed by atoms with Gasteiger partial charge in [-0.25, -0.2) is 0 Å². The first-order valence-corrected chi connectivity index (χ1v) is 23.5. The lowest BCUT2D eigenvalue weighted by molar-refractivity contribution is -0.151. The molecule has 1 amide bonds. The number of esters is 1. The second-order valence-corrected chi connectivity index (χ2v) is 15.5. The number of nitrogens with one attached hydrogen (secondary N) is 1. The number of carbonyl (C=O) groups is 2. The highest BCUT2D eigenvalue weighted by Gasteiger charge is 2.24. The Hall–Kier alpha value is -3.22. The van der Waals surface area contributed by atoms with Crippen LogP contribution in [-0.4, -0.2) is 46.9 Å². The monoisotopic (exact) mass is 806 g/mol. The maximum atomic E-state index is 13.1. The predicted octanol–water partition coefficient (Wildman–Crippen LogP) is 13.8. The van der Waals surface area contributed by atoms with Crippen LogP contribution in [0.15, 0.2) is 97.2 Å². The van der Waals surface area contributed by atoms with Gasteiger partial charge < -0.3 is 20.3 Å². The van der Waals surface area contributed by atoms with Crippen molar-refractivity contribution in [3.63, 3.8) is 0 Å². The van der Waals surface area contributed by atoms with Crippen molar-refractivity contribution in [1.82, 2.24) is 5.32 Å². The van der Waals surface area contributed by atoms with Crippen LogP contribution in [0.2, 0.25) is 0 Å². The second kappa shape index (κ2) is 44.9. The van der Waals surface area contributed by atoms with Crippen molar-refractivity contribution in [3.05, 3.63) is 97.2 Å². The normalized spacial score (nSPS) is 14.2. The van der Waals surface area contributed by atoms with Crippen LogP contribution in [0.3, 0.4) is 0 Å². The Kier molecular flexibility index (Phi) is 42.4. The first-order chi connectivity index (χ1) is 28.5. The van der Waals surface area contributed by atoms with Gasteiger partial charge in [-0.2, -0.15) is 0 Å². The summed E-state index contributed by atoms with van der Waals surface area (Å²) in [4.78, 5) is 26.0. The Balaban J connectivity index is 4.76. The molecule has 0 fully saturated rings. The zero-order valence-corrected chi connectivity index (χ0v) is 37.4. The fourth-order valence-corrected chi connectivity index (χ4v) is 6.52. The van der Waals surface area contributed by atoms with E-state index in [4.69, 9.17) is 4.74 Å². The smallest absolute Gasteiger partial charge is 0.306 e. The van der Waals surface area contributed by atoms with E-state index in [1.165, 1.54) is 44.9 Å². The molecule has 0 aromatic carbocycles. The molecule has 330 valence electrons. The largest absolute Gasteiger partial charge is 0.462 e. The van der Waals surface area contributed by atoms with Gasteiger partial charge in [-0.3, -0.25) is 9.59 Å². The van der Waals surface area contributed by atoms with Crippen molar-refractivity contribution in [2.24, 2.45) is 0 Å². The lowest BCUT2D eigenvalue weighted by Crippen LogP contribution is -2.46. The fraction of sp³-hybridized carbons (Fsp3) is 0.654. The summed E-state index contributed by atoms with van der Waals surface area (Å²) >= 11 is 0. The van der Waals surface area contributed by atoms with E-state index in [2.05, 4.69) is 80.8 Å². The lowest BCUT2D eigenvalue weighted by Gasteiger charge is -2.24. The number of aliphatic hydroxyl groups is 2. The summed E-state index contributed by atoms with van der Waals surface area (Å²) in [6.07, 6.45) is 58.9. The van der Waals surface area contributed by atoms with Gasteiger partial charge in [-0.1, -0.05) is 201 Å². The number of rotatable bonds is 40. The quantitative estimate of drug-likeness (QED) is 0.0248. The molecule has 6 heteroatoms. The molecule has 6 nitrogen and oxygen atoms in total. The minimum Gasteiger partial charge on any atom is -0.462 e. The van der Waals surface area contributed by atoms with Gasteiger partial charge in [0.1, 0.15) is 6.10 Å². The van der Waals surface area contributed by atoms with Crippen LogP contribution in [0.1, 0.15) is 194 Å². The second-order valence-electron chi connectivity index (χ2n) is 15.5. The van der Waals surface area contributed by atoms with Crippen molar-refractivity contribution < 1.29 is 24.5 Å². The van der Waals surface area contributed by atoms with Gasteiger partial charge in [-0.05, 0) is 77.0 Å². The first kappa shape index (κ1) is 54.8. The molecular formula is C52H87NO5. The molecule has 3 unspecified atom stereocenters. The van der Waals surface area contributed by atoms with E-state index in [9.17, 15) is 19.8 Å². The molecule has 0 saturated carbocycles. The molecular weight excluding hydrogens is 719 g/mol.